The summed E-state index contributed by atoms with van der Waals surface area (Å²) in [5, 5.41) is 8.83. The van der Waals surface area contributed by atoms with Crippen LogP contribution in [-0.4, -0.2) is 34.5 Å². The Kier molecular flexibility index (Phi) is 3.79. The Balaban J connectivity index is 2.07. The van der Waals surface area contributed by atoms with E-state index in [0.717, 1.165) is 6.20 Å². The number of carbonyl (C=O) groups is 2. The lowest BCUT2D eigenvalue weighted by molar-refractivity contribution is -0.122. The van der Waals surface area contributed by atoms with Crippen LogP contribution in [0.2, 0.25) is 0 Å². The Morgan fingerprint density at radius 3 is 2.39 bits per heavy atom. The number of nitrogens with zero attached hydrogens (tertiary/aromatic N) is 2. The Hall–Kier alpha value is -2.97. The van der Waals surface area contributed by atoms with E-state index < -0.39 is 50.8 Å². The molecule has 0 radical (unpaired) electrons. The average molecular weight is 391 g/mol. The minimum atomic E-state index is -1.49. The number of carboxylic acids is 1. The zero-order chi connectivity index (χ0) is 20.5. The van der Waals surface area contributed by atoms with E-state index in [2.05, 4.69) is 0 Å². The highest BCUT2D eigenvalue weighted by molar-refractivity contribution is 6.01. The van der Waals surface area contributed by atoms with Crippen molar-refractivity contribution in [3.8, 4) is 0 Å². The molecule has 0 amide bonds. The van der Waals surface area contributed by atoms with Gasteiger partial charge >= 0.3 is 5.97 Å². The number of Topliss-reactive ketones (excluding diaryl/α,β-unsaturated/α-hetero) is 1. The van der Waals surface area contributed by atoms with Crippen molar-refractivity contribution in [3.63, 3.8) is 0 Å². The largest absolute Gasteiger partial charge is 0.477 e. The van der Waals surface area contributed by atoms with Crippen molar-refractivity contribution in [3.05, 3.63) is 33.6 Å². The molecule has 2 aliphatic rings. The number of nitrogen functional groups attached to an aromatic ring is 1. The Morgan fingerprint density at radius 2 is 1.89 bits per heavy atom. The third-order valence-corrected chi connectivity index (χ3v) is 5.53. The number of carboxylic acid groups (broad SMARTS) is 1. The molecule has 3 N–H and O–H groups in total. The summed E-state index contributed by atoms with van der Waals surface area (Å²) in [6, 6.07) is -0.190. The van der Waals surface area contributed by atoms with Crippen LogP contribution in [0, 0.1) is 17.0 Å². The van der Waals surface area contributed by atoms with Gasteiger partial charge in [0, 0.05) is 24.2 Å². The second kappa shape index (κ2) is 5.76. The summed E-state index contributed by atoms with van der Waals surface area (Å²) in [6.07, 6.45) is 2.45. The van der Waals surface area contributed by atoms with E-state index in [1.54, 1.807) is 13.8 Å². The second-order valence-corrected chi connectivity index (χ2v) is 8.09. The fourth-order valence-electron chi connectivity index (χ4n) is 3.79. The first-order valence-electron chi connectivity index (χ1n) is 8.91. The van der Waals surface area contributed by atoms with Gasteiger partial charge in [-0.15, -0.1) is 0 Å². The van der Waals surface area contributed by atoms with E-state index in [4.69, 9.17) is 5.73 Å². The number of nitrogens with two attached hydrogens (primary N) is 1. The molecule has 7 nitrogen and oxygen atoms in total. The Labute approximate surface area is 158 Å². The first kappa shape index (κ1) is 18.4. The van der Waals surface area contributed by atoms with Gasteiger partial charge < -0.3 is 20.3 Å². The monoisotopic (exact) mass is 391 g/mol. The molecule has 1 aromatic carbocycles. The summed E-state index contributed by atoms with van der Waals surface area (Å²) in [5.41, 5.74) is 2.19. The van der Waals surface area contributed by atoms with E-state index in [9.17, 15) is 19.5 Å². The molecule has 1 aliphatic carbocycles. The van der Waals surface area contributed by atoms with Gasteiger partial charge in [0.2, 0.25) is 5.43 Å². The predicted molar refractivity (Wildman–Crippen MR) is 98.8 cm³/mol. The van der Waals surface area contributed by atoms with Crippen molar-refractivity contribution in [1.29, 1.82) is 0 Å². The lowest BCUT2D eigenvalue weighted by Crippen LogP contribution is -2.27. The van der Waals surface area contributed by atoms with Crippen molar-refractivity contribution in [2.24, 2.45) is 5.41 Å². The molecule has 9 heteroatoms. The van der Waals surface area contributed by atoms with Crippen LogP contribution in [0.3, 0.4) is 0 Å². The number of rotatable bonds is 3. The summed E-state index contributed by atoms with van der Waals surface area (Å²) in [4.78, 5) is 37.5. The highest BCUT2D eigenvalue weighted by Gasteiger charge is 2.41. The Morgan fingerprint density at radius 1 is 1.25 bits per heavy atom. The standard InChI is InChI=1S/C19H19F2N3O4/c1-19(2)7-23(6-10(19)25)16-12(20)14(22)11-15(13(16)21)24(8-3-4-8)5-9(17(11)26)18(27)28/h5,8H,3-4,6-7,22H2,1-2H3,(H,27,28). The minimum absolute atomic E-state index is 0.103. The maximum absolute atomic E-state index is 15.5. The third-order valence-electron chi connectivity index (χ3n) is 5.53. The lowest BCUT2D eigenvalue weighted by atomic mass is 9.92. The smallest absolute Gasteiger partial charge is 0.341 e. The first-order valence-corrected chi connectivity index (χ1v) is 8.91. The molecule has 0 unspecified atom stereocenters. The van der Waals surface area contributed by atoms with Crippen molar-refractivity contribution in [1.82, 2.24) is 4.57 Å². The van der Waals surface area contributed by atoms with Crippen LogP contribution in [0.4, 0.5) is 20.2 Å². The molecule has 0 atom stereocenters. The lowest BCUT2D eigenvalue weighted by Gasteiger charge is -2.24. The van der Waals surface area contributed by atoms with Crippen molar-refractivity contribution < 1.29 is 23.5 Å². The number of fused-ring (bicyclic) bond motifs is 1. The van der Waals surface area contributed by atoms with Crippen LogP contribution in [-0.2, 0) is 4.79 Å². The molecular weight excluding hydrogens is 372 g/mol. The number of anilines is 2. The summed E-state index contributed by atoms with van der Waals surface area (Å²) in [6.45, 7) is 3.31. The Bertz CT molecular complexity index is 1120. The van der Waals surface area contributed by atoms with Gasteiger partial charge in [-0.1, -0.05) is 13.8 Å². The molecule has 1 saturated carbocycles. The topological polar surface area (TPSA) is 106 Å². The molecular formula is C19H19F2N3O4. The predicted octanol–water partition coefficient (Wildman–Crippen LogP) is 2.31. The highest BCUT2D eigenvalue weighted by Crippen LogP contribution is 2.43. The van der Waals surface area contributed by atoms with E-state index in [-0.39, 0.29) is 30.4 Å². The number of ketones is 1. The molecule has 1 aromatic heterocycles. The van der Waals surface area contributed by atoms with Gasteiger partial charge in [0.05, 0.1) is 23.1 Å². The second-order valence-electron chi connectivity index (χ2n) is 8.09. The zero-order valence-corrected chi connectivity index (χ0v) is 15.4. The fraction of sp³-hybridized carbons (Fsp3) is 0.421. The van der Waals surface area contributed by atoms with E-state index >= 15 is 8.78 Å². The number of halogens is 2. The van der Waals surface area contributed by atoms with Crippen LogP contribution >= 0.6 is 0 Å². The maximum atomic E-state index is 15.5. The van der Waals surface area contributed by atoms with E-state index in [1.807, 2.05) is 0 Å². The zero-order valence-electron chi connectivity index (χ0n) is 15.4. The van der Waals surface area contributed by atoms with Crippen LogP contribution in [0.15, 0.2) is 11.0 Å². The summed E-state index contributed by atoms with van der Waals surface area (Å²) in [7, 11) is 0. The molecule has 0 bridgehead atoms. The fourth-order valence-corrected chi connectivity index (χ4v) is 3.79. The van der Waals surface area contributed by atoms with Gasteiger partial charge in [-0.05, 0) is 12.8 Å². The molecule has 28 heavy (non-hydrogen) atoms. The summed E-state index contributed by atoms with van der Waals surface area (Å²) < 4.78 is 32.0. The van der Waals surface area contributed by atoms with E-state index in [0.29, 0.717) is 12.8 Å². The molecule has 0 spiro atoms. The summed E-state index contributed by atoms with van der Waals surface area (Å²) >= 11 is 0. The van der Waals surface area contributed by atoms with Crippen molar-refractivity contribution >= 4 is 34.0 Å². The summed E-state index contributed by atoms with van der Waals surface area (Å²) in [5.74, 6) is -3.81. The van der Waals surface area contributed by atoms with Gasteiger partial charge in [0.1, 0.15) is 11.3 Å². The van der Waals surface area contributed by atoms with Gasteiger partial charge in [-0.2, -0.15) is 0 Å². The molecule has 1 aliphatic heterocycles. The van der Waals surface area contributed by atoms with Gasteiger partial charge in [0.15, 0.2) is 17.4 Å². The number of carbonyl (C=O) groups excluding carboxylic acids is 1. The van der Waals surface area contributed by atoms with Crippen LogP contribution in [0.1, 0.15) is 43.1 Å². The van der Waals surface area contributed by atoms with Crippen LogP contribution in [0.25, 0.3) is 10.9 Å². The van der Waals surface area contributed by atoms with Crippen molar-refractivity contribution in [2.75, 3.05) is 23.7 Å². The number of hydrogen-bond acceptors (Lipinski definition) is 5. The number of aromatic carboxylic acids is 1. The molecule has 2 heterocycles. The third kappa shape index (κ3) is 2.49. The van der Waals surface area contributed by atoms with Crippen LogP contribution in [0.5, 0.6) is 0 Å². The molecule has 148 valence electrons. The van der Waals surface area contributed by atoms with Gasteiger partial charge in [0.25, 0.3) is 0 Å². The quantitative estimate of drug-likeness (QED) is 0.778. The number of benzene rings is 1. The normalized spacial score (nSPS) is 18.9. The van der Waals surface area contributed by atoms with Gasteiger partial charge in [-0.25, -0.2) is 13.6 Å². The number of pyridine rings is 1. The molecule has 2 fully saturated rings. The van der Waals surface area contributed by atoms with Gasteiger partial charge in [-0.3, -0.25) is 9.59 Å². The average Bonchev–Trinajstić information content (AvgIpc) is 3.39. The SMILES string of the molecule is CC1(C)CN(c2c(F)c(N)c3c(=O)c(C(=O)O)cn(C4CC4)c3c2F)CC1=O. The number of hydrogen-bond donors (Lipinski definition) is 2. The molecule has 4 rings (SSSR count). The highest BCUT2D eigenvalue weighted by atomic mass is 19.1. The van der Waals surface area contributed by atoms with Crippen LogP contribution < -0.4 is 16.1 Å². The number of aromatic nitrogens is 1. The first-order chi connectivity index (χ1) is 13.0. The van der Waals surface area contributed by atoms with E-state index in [1.165, 1.54) is 9.47 Å². The molecule has 2 aromatic rings. The van der Waals surface area contributed by atoms with Crippen molar-refractivity contribution in [2.45, 2.75) is 32.7 Å². The maximum Gasteiger partial charge on any atom is 0.341 e. The minimum Gasteiger partial charge on any atom is -0.477 e. The molecule has 1 saturated heterocycles.